The molecule has 0 saturated carbocycles. The summed E-state index contributed by atoms with van der Waals surface area (Å²) in [6.45, 7) is 7.14. The Morgan fingerprint density at radius 2 is 2.22 bits per heavy atom. The highest BCUT2D eigenvalue weighted by atomic mass is 16.7. The molecule has 2 saturated heterocycles. The molecule has 3 rings (SSSR count). The molecule has 2 aliphatic heterocycles. The minimum atomic E-state index is -0.913. The molecule has 1 N–H and O–H groups in total. The van der Waals surface area contributed by atoms with Gasteiger partial charge in [-0.15, -0.1) is 0 Å². The van der Waals surface area contributed by atoms with Crippen LogP contribution < -0.4 is 0 Å². The first kappa shape index (κ1) is 20.8. The summed E-state index contributed by atoms with van der Waals surface area (Å²) < 4.78 is 18.1. The second kappa shape index (κ2) is 8.60. The molecule has 0 radical (unpaired) electrons. The minimum Gasteiger partial charge on any atom is -0.390 e. The number of carbonyl (C=O) groups is 1. The fourth-order valence-electron chi connectivity index (χ4n) is 4.68. The maximum absolute atomic E-state index is 13.0. The molecule has 1 aliphatic carbocycles. The van der Waals surface area contributed by atoms with E-state index in [4.69, 9.17) is 14.2 Å². The lowest BCUT2D eigenvalue weighted by atomic mass is 9.70. The first-order valence-corrected chi connectivity index (χ1v) is 10.4. The van der Waals surface area contributed by atoms with Crippen molar-refractivity contribution in [3.63, 3.8) is 0 Å². The van der Waals surface area contributed by atoms with Crippen LogP contribution in [0.15, 0.2) is 12.2 Å². The van der Waals surface area contributed by atoms with Crippen LogP contribution in [0.1, 0.15) is 65.7 Å². The molecule has 0 aromatic rings. The van der Waals surface area contributed by atoms with Crippen LogP contribution in [0.25, 0.3) is 0 Å². The van der Waals surface area contributed by atoms with Gasteiger partial charge in [-0.05, 0) is 39.5 Å². The number of hydrogen-bond donors (Lipinski definition) is 1. The van der Waals surface area contributed by atoms with Crippen LogP contribution in [0, 0.1) is 5.92 Å². The van der Waals surface area contributed by atoms with Crippen molar-refractivity contribution < 1.29 is 24.1 Å². The summed E-state index contributed by atoms with van der Waals surface area (Å²) >= 11 is 0. The zero-order valence-corrected chi connectivity index (χ0v) is 17.0. The average molecular weight is 382 g/mol. The van der Waals surface area contributed by atoms with Gasteiger partial charge in [0.25, 0.3) is 0 Å². The highest BCUT2D eigenvalue weighted by molar-refractivity contribution is 5.78. The average Bonchev–Trinajstić information content (AvgIpc) is 3.11. The predicted molar refractivity (Wildman–Crippen MR) is 102 cm³/mol. The van der Waals surface area contributed by atoms with E-state index in [2.05, 4.69) is 19.1 Å². The molecule has 2 fully saturated rings. The fourth-order valence-corrected chi connectivity index (χ4v) is 4.68. The third-order valence-corrected chi connectivity index (χ3v) is 6.38. The standard InChI is InChI=1S/C21H35NO5/c1-4-5-13-26-18-12-11-17(23)22-15-25-14-21(22,20(2,3)27-18)19(24)16-9-7-6-8-10-16/h7,9,16,18-19,24H,4-6,8,10-15H2,1-3H3/t16-,18-,19-,21-/m1/s1. The normalized spacial score (nSPS) is 34.8. The minimum absolute atomic E-state index is 0.00230. The quantitative estimate of drug-likeness (QED) is 0.566. The molecule has 0 unspecified atom stereocenters. The van der Waals surface area contributed by atoms with E-state index >= 15 is 0 Å². The number of carbonyl (C=O) groups excluding carboxylic acids is 1. The van der Waals surface area contributed by atoms with E-state index in [9.17, 15) is 9.90 Å². The van der Waals surface area contributed by atoms with Gasteiger partial charge >= 0.3 is 0 Å². The van der Waals surface area contributed by atoms with Crippen molar-refractivity contribution >= 4 is 5.91 Å². The molecule has 2 heterocycles. The molecule has 4 atom stereocenters. The number of aliphatic hydroxyl groups is 1. The molecule has 6 nitrogen and oxygen atoms in total. The molecule has 154 valence electrons. The highest BCUT2D eigenvalue weighted by Gasteiger charge is 2.62. The van der Waals surface area contributed by atoms with E-state index in [-0.39, 0.29) is 25.2 Å². The van der Waals surface area contributed by atoms with E-state index in [0.717, 1.165) is 32.1 Å². The van der Waals surface area contributed by atoms with Gasteiger partial charge in [-0.25, -0.2) is 0 Å². The summed E-state index contributed by atoms with van der Waals surface area (Å²) in [7, 11) is 0. The van der Waals surface area contributed by atoms with Crippen molar-refractivity contribution in [1.29, 1.82) is 0 Å². The summed E-state index contributed by atoms with van der Waals surface area (Å²) in [5.41, 5.74) is -1.72. The molecule has 0 spiro atoms. The van der Waals surface area contributed by atoms with Gasteiger partial charge in [-0.3, -0.25) is 4.79 Å². The number of unbranched alkanes of at least 4 members (excludes halogenated alkanes) is 1. The molecule has 0 aromatic heterocycles. The van der Waals surface area contributed by atoms with Gasteiger partial charge in [0.1, 0.15) is 12.3 Å². The second-order valence-electron chi connectivity index (χ2n) is 8.51. The van der Waals surface area contributed by atoms with Crippen LogP contribution in [0.5, 0.6) is 0 Å². The Bertz CT molecular complexity index is 549. The largest absolute Gasteiger partial charge is 0.390 e. The Kier molecular flexibility index (Phi) is 6.62. The van der Waals surface area contributed by atoms with Crippen LogP contribution in [-0.2, 0) is 19.0 Å². The van der Waals surface area contributed by atoms with Gasteiger partial charge in [0.2, 0.25) is 5.91 Å². The predicted octanol–water partition coefficient (Wildman–Crippen LogP) is 2.99. The second-order valence-corrected chi connectivity index (χ2v) is 8.51. The molecule has 1 amide bonds. The number of nitrogens with zero attached hydrogens (tertiary/aromatic N) is 1. The van der Waals surface area contributed by atoms with Crippen molar-refractivity contribution in [3.8, 4) is 0 Å². The number of ether oxygens (including phenoxy) is 3. The van der Waals surface area contributed by atoms with Crippen LogP contribution in [0.2, 0.25) is 0 Å². The van der Waals surface area contributed by atoms with Crippen LogP contribution in [-0.4, -0.2) is 59.4 Å². The van der Waals surface area contributed by atoms with E-state index in [1.807, 2.05) is 13.8 Å². The SMILES string of the molecule is CCCCO[C@H]1CCC(=O)N2COC[C@@]2([C@H](O)[C@@H]2C=CCCC2)C(C)(C)O1. The Labute approximate surface area is 162 Å². The Hall–Kier alpha value is -0.950. The molecule has 0 bridgehead atoms. The van der Waals surface area contributed by atoms with E-state index in [0.29, 0.717) is 19.4 Å². The highest BCUT2D eigenvalue weighted by Crippen LogP contribution is 2.45. The van der Waals surface area contributed by atoms with E-state index in [1.165, 1.54) is 0 Å². The summed E-state index contributed by atoms with van der Waals surface area (Å²) in [6, 6.07) is 0. The maximum atomic E-state index is 13.0. The third kappa shape index (κ3) is 3.95. The monoisotopic (exact) mass is 381 g/mol. The van der Waals surface area contributed by atoms with Crippen molar-refractivity contribution in [2.45, 2.75) is 89.3 Å². The third-order valence-electron chi connectivity index (χ3n) is 6.38. The lowest BCUT2D eigenvalue weighted by molar-refractivity contribution is -0.260. The lowest BCUT2D eigenvalue weighted by Crippen LogP contribution is -2.71. The number of allylic oxidation sites excluding steroid dienone is 1. The molecule has 6 heteroatoms. The van der Waals surface area contributed by atoms with Crippen LogP contribution in [0.3, 0.4) is 0 Å². The van der Waals surface area contributed by atoms with Crippen molar-refractivity contribution in [1.82, 2.24) is 4.90 Å². The van der Waals surface area contributed by atoms with Crippen molar-refractivity contribution in [2.75, 3.05) is 19.9 Å². The zero-order chi connectivity index (χ0) is 19.5. The zero-order valence-electron chi connectivity index (χ0n) is 17.0. The maximum Gasteiger partial charge on any atom is 0.225 e. The Morgan fingerprint density at radius 3 is 2.93 bits per heavy atom. The van der Waals surface area contributed by atoms with Gasteiger partial charge < -0.3 is 24.2 Å². The smallest absolute Gasteiger partial charge is 0.225 e. The number of aliphatic hydroxyl groups excluding tert-OH is 1. The van der Waals surface area contributed by atoms with Crippen LogP contribution in [0.4, 0.5) is 0 Å². The number of hydrogen-bond acceptors (Lipinski definition) is 5. The van der Waals surface area contributed by atoms with E-state index in [1.54, 1.807) is 4.90 Å². The first-order chi connectivity index (χ1) is 12.9. The molecular weight excluding hydrogens is 346 g/mol. The Morgan fingerprint density at radius 1 is 1.41 bits per heavy atom. The number of fused-ring (bicyclic) bond motifs is 1. The van der Waals surface area contributed by atoms with Gasteiger partial charge in [-0.1, -0.05) is 25.5 Å². The molecule has 3 aliphatic rings. The number of amides is 1. The van der Waals surface area contributed by atoms with Gasteiger partial charge in [-0.2, -0.15) is 0 Å². The van der Waals surface area contributed by atoms with Crippen molar-refractivity contribution in [3.05, 3.63) is 12.2 Å². The van der Waals surface area contributed by atoms with Gasteiger partial charge in [0.05, 0.1) is 18.3 Å². The van der Waals surface area contributed by atoms with Crippen molar-refractivity contribution in [2.24, 2.45) is 5.92 Å². The summed E-state index contributed by atoms with van der Waals surface area (Å²) in [5.74, 6) is 0.00400. The van der Waals surface area contributed by atoms with Gasteiger partial charge in [0.15, 0.2) is 6.29 Å². The molecular formula is C21H35NO5. The molecule has 27 heavy (non-hydrogen) atoms. The summed E-state index contributed by atoms with van der Waals surface area (Å²) in [5, 5.41) is 11.5. The summed E-state index contributed by atoms with van der Waals surface area (Å²) in [4.78, 5) is 14.7. The topological polar surface area (TPSA) is 68.2 Å². The summed E-state index contributed by atoms with van der Waals surface area (Å²) in [6.07, 6.45) is 8.91. The Balaban J connectivity index is 1.90. The fraction of sp³-hybridized carbons (Fsp3) is 0.857. The molecule has 0 aromatic carbocycles. The number of rotatable bonds is 6. The first-order valence-electron chi connectivity index (χ1n) is 10.4. The van der Waals surface area contributed by atoms with Crippen LogP contribution >= 0.6 is 0 Å². The lowest BCUT2D eigenvalue weighted by Gasteiger charge is -2.53. The van der Waals surface area contributed by atoms with Gasteiger partial charge in [0, 0.05) is 25.4 Å². The van der Waals surface area contributed by atoms with E-state index < -0.39 is 23.5 Å².